The average Bonchev–Trinajstić information content (AvgIpc) is 3.05. The molecule has 5 rings (SSSR count). The van der Waals surface area contributed by atoms with E-state index in [9.17, 15) is 9.90 Å². The van der Waals surface area contributed by atoms with Crippen molar-refractivity contribution in [2.75, 3.05) is 0 Å². The number of carbonyl (C=O) groups is 1. The Balaban J connectivity index is 1.48. The number of aliphatic hydroxyl groups is 1. The van der Waals surface area contributed by atoms with Crippen molar-refractivity contribution in [3.63, 3.8) is 0 Å². The molecule has 2 saturated carbocycles. The summed E-state index contributed by atoms with van der Waals surface area (Å²) in [6.45, 7) is 18.4. The van der Waals surface area contributed by atoms with Crippen molar-refractivity contribution in [2.45, 2.75) is 113 Å². The Morgan fingerprint density at radius 1 is 1.03 bits per heavy atom. The van der Waals surface area contributed by atoms with Gasteiger partial charge in [-0.15, -0.1) is 0 Å². The van der Waals surface area contributed by atoms with Crippen LogP contribution in [0.5, 0.6) is 0 Å². The summed E-state index contributed by atoms with van der Waals surface area (Å²) in [5.41, 5.74) is 5.62. The summed E-state index contributed by atoms with van der Waals surface area (Å²) in [6, 6.07) is 0. The molecular weight excluding hydrogens is 420 g/mol. The maximum absolute atomic E-state index is 12.5. The van der Waals surface area contributed by atoms with Crippen LogP contribution in [0.1, 0.15) is 100 Å². The van der Waals surface area contributed by atoms with Crippen LogP contribution in [0.2, 0.25) is 0 Å². The molecule has 5 aliphatic rings. The van der Waals surface area contributed by atoms with E-state index in [2.05, 4.69) is 60.6 Å². The number of aliphatic hydroxyl groups excluding tert-OH is 1. The number of carbonyl (C=O) groups excluding carboxylic acids is 1. The standard InChI is InChI=1S/C31H46O3/c1-18-17-24(34-27(33)19(18)2)20(3)21-11-15-31(8)23-9-10-25-28(4,5)26(32)13-14-29(25,6)22(23)12-16-30(21,31)7/h9,12,20-21,24-26,32H,10-11,13-17H2,1-8H3/t20?,21-,24-,25+,26+,29-,30-,31+/m1/s1. The molecule has 1 heterocycles. The Hall–Kier alpha value is -1.35. The third kappa shape index (κ3) is 3.01. The van der Waals surface area contributed by atoms with Gasteiger partial charge in [-0.2, -0.15) is 0 Å². The van der Waals surface area contributed by atoms with Crippen LogP contribution in [-0.2, 0) is 9.53 Å². The molecular formula is C31H46O3. The van der Waals surface area contributed by atoms with Crippen molar-refractivity contribution in [1.82, 2.24) is 0 Å². The Labute approximate surface area is 207 Å². The molecule has 3 nitrogen and oxygen atoms in total. The lowest BCUT2D eigenvalue weighted by atomic mass is 9.44. The maximum Gasteiger partial charge on any atom is 0.333 e. The van der Waals surface area contributed by atoms with Crippen LogP contribution in [0.4, 0.5) is 0 Å². The minimum atomic E-state index is -0.207. The van der Waals surface area contributed by atoms with Gasteiger partial charge >= 0.3 is 5.97 Å². The van der Waals surface area contributed by atoms with E-state index >= 15 is 0 Å². The lowest BCUT2D eigenvalue weighted by molar-refractivity contribution is -0.151. The Kier molecular flexibility index (Phi) is 5.42. The van der Waals surface area contributed by atoms with Gasteiger partial charge in [0.05, 0.1) is 6.10 Å². The monoisotopic (exact) mass is 466 g/mol. The highest BCUT2D eigenvalue weighted by Crippen LogP contribution is 2.71. The SMILES string of the molecule is CC1=C(C)C(=O)O[C@@H](C(C)[C@H]2CC[C@@]3(C)C4=CC[C@H]5C(C)(C)[C@@H](O)CC[C@]5(C)C4=CC[C@]23C)C1. The van der Waals surface area contributed by atoms with Crippen molar-refractivity contribution in [1.29, 1.82) is 0 Å². The molecule has 0 radical (unpaired) electrons. The van der Waals surface area contributed by atoms with Gasteiger partial charge in [0.2, 0.25) is 0 Å². The average molecular weight is 467 g/mol. The van der Waals surface area contributed by atoms with Crippen LogP contribution in [0.15, 0.2) is 34.4 Å². The van der Waals surface area contributed by atoms with Gasteiger partial charge in [0.25, 0.3) is 0 Å². The summed E-state index contributed by atoms with van der Waals surface area (Å²) in [5, 5.41) is 10.8. The van der Waals surface area contributed by atoms with Crippen LogP contribution in [0.3, 0.4) is 0 Å². The molecule has 0 aromatic carbocycles. The van der Waals surface area contributed by atoms with Gasteiger partial charge < -0.3 is 9.84 Å². The Bertz CT molecular complexity index is 998. The van der Waals surface area contributed by atoms with Gasteiger partial charge in [0.15, 0.2) is 0 Å². The molecule has 188 valence electrons. The minimum absolute atomic E-state index is 0.00591. The molecule has 8 atom stereocenters. The lowest BCUT2D eigenvalue weighted by Crippen LogP contribution is -2.54. The van der Waals surface area contributed by atoms with Crippen molar-refractivity contribution >= 4 is 5.97 Å². The first kappa shape index (κ1) is 24.3. The summed E-state index contributed by atoms with van der Waals surface area (Å²) < 4.78 is 5.98. The summed E-state index contributed by atoms with van der Waals surface area (Å²) in [7, 11) is 0. The second kappa shape index (κ2) is 7.58. The van der Waals surface area contributed by atoms with Gasteiger partial charge in [-0.05, 0) is 103 Å². The highest BCUT2D eigenvalue weighted by molar-refractivity contribution is 5.89. The number of allylic oxidation sites excluding steroid dienone is 4. The topological polar surface area (TPSA) is 46.5 Å². The first-order chi connectivity index (χ1) is 15.8. The fraction of sp³-hybridized carbons (Fsp3) is 0.774. The highest BCUT2D eigenvalue weighted by atomic mass is 16.5. The number of hydrogen-bond donors (Lipinski definition) is 1. The number of ether oxygens (including phenoxy) is 1. The molecule has 1 aliphatic heterocycles. The number of cyclic esters (lactones) is 1. The molecule has 0 bridgehead atoms. The van der Waals surface area contributed by atoms with Crippen molar-refractivity contribution < 1.29 is 14.6 Å². The molecule has 4 aliphatic carbocycles. The largest absolute Gasteiger partial charge is 0.458 e. The maximum atomic E-state index is 12.5. The number of fused-ring (bicyclic) bond motifs is 5. The third-order valence-corrected chi connectivity index (χ3v) is 12.2. The molecule has 0 spiro atoms. The summed E-state index contributed by atoms with van der Waals surface area (Å²) in [4.78, 5) is 12.5. The van der Waals surface area contributed by atoms with Crippen molar-refractivity contribution in [3.05, 3.63) is 34.4 Å². The smallest absolute Gasteiger partial charge is 0.333 e. The molecule has 3 heteroatoms. The molecule has 0 saturated heterocycles. The fourth-order valence-electron chi connectivity index (χ4n) is 9.32. The van der Waals surface area contributed by atoms with E-state index in [1.807, 2.05) is 6.92 Å². The normalized spacial score (nSPS) is 46.6. The van der Waals surface area contributed by atoms with E-state index in [0.29, 0.717) is 17.8 Å². The highest BCUT2D eigenvalue weighted by Gasteiger charge is 2.63. The minimum Gasteiger partial charge on any atom is -0.458 e. The molecule has 2 fully saturated rings. The second-order valence-corrected chi connectivity index (χ2v) is 13.8. The van der Waals surface area contributed by atoms with Crippen LogP contribution < -0.4 is 0 Å². The van der Waals surface area contributed by atoms with E-state index in [0.717, 1.165) is 37.7 Å². The van der Waals surface area contributed by atoms with Crippen molar-refractivity contribution in [2.24, 2.45) is 39.4 Å². The third-order valence-electron chi connectivity index (χ3n) is 12.2. The molecule has 1 unspecified atom stereocenters. The Morgan fingerprint density at radius 2 is 1.74 bits per heavy atom. The predicted molar refractivity (Wildman–Crippen MR) is 137 cm³/mol. The van der Waals surface area contributed by atoms with Crippen LogP contribution in [-0.4, -0.2) is 23.3 Å². The van der Waals surface area contributed by atoms with E-state index in [1.165, 1.54) is 18.4 Å². The van der Waals surface area contributed by atoms with Gasteiger partial charge in [0.1, 0.15) is 6.10 Å². The first-order valence-corrected chi connectivity index (χ1v) is 13.7. The molecule has 1 N–H and O–H groups in total. The van der Waals surface area contributed by atoms with Crippen LogP contribution in [0, 0.1) is 39.4 Å². The van der Waals surface area contributed by atoms with Gasteiger partial charge in [-0.1, -0.05) is 59.3 Å². The van der Waals surface area contributed by atoms with E-state index in [1.54, 1.807) is 11.1 Å². The predicted octanol–water partition coefficient (Wildman–Crippen LogP) is 7.16. The molecule has 34 heavy (non-hydrogen) atoms. The van der Waals surface area contributed by atoms with Gasteiger partial charge in [-0.3, -0.25) is 0 Å². The van der Waals surface area contributed by atoms with Crippen LogP contribution >= 0.6 is 0 Å². The second-order valence-electron chi connectivity index (χ2n) is 13.8. The van der Waals surface area contributed by atoms with E-state index in [-0.39, 0.29) is 39.8 Å². The summed E-state index contributed by atoms with van der Waals surface area (Å²) in [5.74, 6) is 1.26. The molecule has 0 aromatic rings. The summed E-state index contributed by atoms with van der Waals surface area (Å²) in [6.07, 6.45) is 12.4. The number of esters is 1. The van der Waals surface area contributed by atoms with Gasteiger partial charge in [-0.25, -0.2) is 4.79 Å². The van der Waals surface area contributed by atoms with E-state index in [4.69, 9.17) is 4.74 Å². The van der Waals surface area contributed by atoms with Crippen molar-refractivity contribution in [3.8, 4) is 0 Å². The number of hydrogen-bond acceptors (Lipinski definition) is 3. The number of rotatable bonds is 2. The Morgan fingerprint density at radius 3 is 2.41 bits per heavy atom. The van der Waals surface area contributed by atoms with Gasteiger partial charge in [0, 0.05) is 12.0 Å². The van der Waals surface area contributed by atoms with Crippen LogP contribution in [0.25, 0.3) is 0 Å². The zero-order valence-electron chi connectivity index (χ0n) is 22.8. The summed E-state index contributed by atoms with van der Waals surface area (Å²) >= 11 is 0. The molecule has 0 aromatic heterocycles. The van der Waals surface area contributed by atoms with E-state index < -0.39 is 0 Å². The fourth-order valence-corrected chi connectivity index (χ4v) is 9.32. The zero-order valence-corrected chi connectivity index (χ0v) is 22.8. The first-order valence-electron chi connectivity index (χ1n) is 13.7. The zero-order chi connectivity index (χ0) is 24.8. The quantitative estimate of drug-likeness (QED) is 0.439. The lowest BCUT2D eigenvalue weighted by Gasteiger charge is -2.61. The molecule has 0 amide bonds.